The highest BCUT2D eigenvalue weighted by Gasteiger charge is 2.24. The molecule has 0 amide bonds. The summed E-state index contributed by atoms with van der Waals surface area (Å²) in [7, 11) is -2.59. The first kappa shape index (κ1) is 17.3. The number of carbonyl (C=O) groups excluding carboxylic acids is 1. The van der Waals surface area contributed by atoms with Crippen molar-refractivity contribution in [3.63, 3.8) is 0 Å². The van der Waals surface area contributed by atoms with Crippen LogP contribution in [0.3, 0.4) is 0 Å². The average Bonchev–Trinajstić information content (AvgIpc) is 2.56. The predicted octanol–water partition coefficient (Wildman–Crippen LogP) is 2.60. The minimum atomic E-state index is -3.93. The van der Waals surface area contributed by atoms with Gasteiger partial charge in [-0.15, -0.1) is 0 Å². The predicted molar refractivity (Wildman–Crippen MR) is 85.9 cm³/mol. The number of hydrogen-bond acceptors (Lipinski definition) is 5. The fourth-order valence-corrected chi connectivity index (χ4v) is 2.87. The molecule has 23 heavy (non-hydrogen) atoms. The number of carbonyl (C=O) groups is 1. The molecular weight excluding hydrogens is 316 g/mol. The second kappa shape index (κ2) is 7.50. The van der Waals surface area contributed by atoms with Crippen LogP contribution in [0.2, 0.25) is 0 Å². The van der Waals surface area contributed by atoms with Gasteiger partial charge in [-0.1, -0.05) is 48.0 Å². The van der Waals surface area contributed by atoms with Gasteiger partial charge in [0.2, 0.25) is 0 Å². The summed E-state index contributed by atoms with van der Waals surface area (Å²) in [5, 5.41) is 0. The highest BCUT2D eigenvalue weighted by atomic mass is 32.2. The highest BCUT2D eigenvalue weighted by molar-refractivity contribution is 7.86. The molecule has 5 nitrogen and oxygen atoms in total. The van der Waals surface area contributed by atoms with Crippen LogP contribution >= 0.6 is 0 Å². The normalized spacial score (nSPS) is 12.8. The van der Waals surface area contributed by atoms with Gasteiger partial charge in [0.25, 0.3) is 10.1 Å². The second-order valence-corrected chi connectivity index (χ2v) is 6.62. The molecule has 0 aliphatic rings. The molecule has 0 radical (unpaired) electrons. The molecule has 0 N–H and O–H groups in total. The molecule has 0 aliphatic heterocycles. The van der Waals surface area contributed by atoms with Crippen LogP contribution in [0.4, 0.5) is 0 Å². The van der Waals surface area contributed by atoms with Gasteiger partial charge in [-0.05, 0) is 19.1 Å². The average molecular weight is 334 g/mol. The molecule has 0 spiro atoms. The van der Waals surface area contributed by atoms with E-state index in [9.17, 15) is 13.2 Å². The van der Waals surface area contributed by atoms with Crippen molar-refractivity contribution in [3.05, 3.63) is 65.7 Å². The summed E-state index contributed by atoms with van der Waals surface area (Å²) < 4.78 is 34.3. The Morgan fingerprint density at radius 1 is 1.04 bits per heavy atom. The van der Waals surface area contributed by atoms with E-state index in [1.165, 1.54) is 19.2 Å². The van der Waals surface area contributed by atoms with Crippen LogP contribution in [0.5, 0.6) is 0 Å². The molecule has 0 bridgehead atoms. The van der Waals surface area contributed by atoms with E-state index in [0.717, 1.165) is 5.56 Å². The van der Waals surface area contributed by atoms with E-state index in [4.69, 9.17) is 8.92 Å². The maximum absolute atomic E-state index is 12.3. The third kappa shape index (κ3) is 4.48. The Labute approximate surface area is 136 Å². The van der Waals surface area contributed by atoms with E-state index in [1.807, 2.05) is 6.92 Å². The molecule has 2 aromatic carbocycles. The molecule has 2 rings (SSSR count). The largest absolute Gasteiger partial charge is 0.371 e. The Kier molecular flexibility index (Phi) is 5.65. The zero-order valence-corrected chi connectivity index (χ0v) is 13.7. The van der Waals surface area contributed by atoms with Gasteiger partial charge in [-0.25, -0.2) is 0 Å². The minimum absolute atomic E-state index is 0.0464. The molecule has 0 fully saturated rings. The van der Waals surface area contributed by atoms with E-state index >= 15 is 0 Å². The maximum Gasteiger partial charge on any atom is 0.297 e. The first-order chi connectivity index (χ1) is 10.9. The molecule has 0 heterocycles. The quantitative estimate of drug-likeness (QED) is 0.575. The van der Waals surface area contributed by atoms with Crippen molar-refractivity contribution in [2.45, 2.75) is 17.9 Å². The number of benzene rings is 2. The summed E-state index contributed by atoms with van der Waals surface area (Å²) in [4.78, 5) is 12.3. The summed E-state index contributed by atoms with van der Waals surface area (Å²) in [6, 6.07) is 14.8. The molecular formula is C17H18O5S. The lowest BCUT2D eigenvalue weighted by molar-refractivity contribution is 0.0447. The number of ether oxygens (including phenoxy) is 1. The Bertz CT molecular complexity index is 751. The summed E-state index contributed by atoms with van der Waals surface area (Å²) in [6.07, 6.45) is -0.988. The third-order valence-electron chi connectivity index (χ3n) is 3.32. The fourth-order valence-electron chi connectivity index (χ4n) is 1.96. The van der Waals surface area contributed by atoms with Crippen molar-refractivity contribution >= 4 is 15.9 Å². The molecule has 2 aromatic rings. The Morgan fingerprint density at radius 3 is 2.22 bits per heavy atom. The standard InChI is InChI=1S/C17H18O5S/c1-13-8-10-15(11-9-13)23(19,20)22-12-16(21-2)17(18)14-6-4-3-5-7-14/h3-11,16H,12H2,1-2H3. The van der Waals surface area contributed by atoms with Crippen molar-refractivity contribution in [1.29, 1.82) is 0 Å². The Morgan fingerprint density at radius 2 is 1.65 bits per heavy atom. The summed E-state index contributed by atoms with van der Waals surface area (Å²) in [6.45, 7) is 1.48. The molecule has 0 aromatic heterocycles. The van der Waals surface area contributed by atoms with Gasteiger partial charge in [-0.2, -0.15) is 8.42 Å². The van der Waals surface area contributed by atoms with Crippen molar-refractivity contribution in [2.75, 3.05) is 13.7 Å². The zero-order chi connectivity index (χ0) is 16.9. The van der Waals surface area contributed by atoms with Gasteiger partial charge >= 0.3 is 0 Å². The van der Waals surface area contributed by atoms with Crippen LogP contribution in [0.1, 0.15) is 15.9 Å². The highest BCUT2D eigenvalue weighted by Crippen LogP contribution is 2.15. The summed E-state index contributed by atoms with van der Waals surface area (Å²) in [5.41, 5.74) is 1.38. The number of methoxy groups -OCH3 is 1. The minimum Gasteiger partial charge on any atom is -0.371 e. The first-order valence-electron chi connectivity index (χ1n) is 7.02. The lowest BCUT2D eigenvalue weighted by atomic mass is 10.1. The number of ketones is 1. The van der Waals surface area contributed by atoms with Crippen molar-refractivity contribution in [2.24, 2.45) is 0 Å². The Balaban J connectivity index is 2.08. The molecule has 122 valence electrons. The summed E-state index contributed by atoms with van der Waals surface area (Å²) >= 11 is 0. The van der Waals surface area contributed by atoms with E-state index in [1.54, 1.807) is 42.5 Å². The van der Waals surface area contributed by atoms with Crippen molar-refractivity contribution in [3.8, 4) is 0 Å². The van der Waals surface area contributed by atoms with Crippen LogP contribution < -0.4 is 0 Å². The molecule has 1 unspecified atom stereocenters. The molecule has 0 saturated heterocycles. The van der Waals surface area contributed by atoms with Crippen molar-refractivity contribution in [1.82, 2.24) is 0 Å². The van der Waals surface area contributed by atoms with Gasteiger partial charge in [0, 0.05) is 12.7 Å². The van der Waals surface area contributed by atoms with Crippen LogP contribution in [0.25, 0.3) is 0 Å². The molecule has 0 aliphatic carbocycles. The number of aryl methyl sites for hydroxylation is 1. The summed E-state index contributed by atoms with van der Waals surface area (Å²) in [5.74, 6) is -0.327. The number of Topliss-reactive ketones (excluding diaryl/α,β-unsaturated/α-hetero) is 1. The maximum atomic E-state index is 12.3. The third-order valence-corrected chi connectivity index (χ3v) is 4.62. The van der Waals surface area contributed by atoms with E-state index in [0.29, 0.717) is 5.56 Å². The van der Waals surface area contributed by atoms with Gasteiger partial charge < -0.3 is 4.74 Å². The van der Waals surface area contributed by atoms with Crippen molar-refractivity contribution < 1.29 is 22.1 Å². The van der Waals surface area contributed by atoms with Crippen LogP contribution in [0, 0.1) is 6.92 Å². The van der Waals surface area contributed by atoms with Crippen LogP contribution in [-0.2, 0) is 19.0 Å². The first-order valence-corrected chi connectivity index (χ1v) is 8.43. The topological polar surface area (TPSA) is 69.7 Å². The van der Waals surface area contributed by atoms with Gasteiger partial charge in [-0.3, -0.25) is 8.98 Å². The molecule has 6 heteroatoms. The lowest BCUT2D eigenvalue weighted by Gasteiger charge is -2.14. The van der Waals surface area contributed by atoms with E-state index < -0.39 is 16.2 Å². The Hall–Kier alpha value is -2.02. The fraction of sp³-hybridized carbons (Fsp3) is 0.235. The number of rotatable bonds is 7. The van der Waals surface area contributed by atoms with Gasteiger partial charge in [0.05, 0.1) is 4.90 Å². The van der Waals surface area contributed by atoms with Crippen LogP contribution in [0.15, 0.2) is 59.5 Å². The van der Waals surface area contributed by atoms with Gasteiger partial charge in [0.15, 0.2) is 5.78 Å². The van der Waals surface area contributed by atoms with E-state index in [-0.39, 0.29) is 17.3 Å². The van der Waals surface area contributed by atoms with E-state index in [2.05, 4.69) is 0 Å². The molecule has 0 saturated carbocycles. The monoisotopic (exact) mass is 334 g/mol. The van der Waals surface area contributed by atoms with Crippen LogP contribution in [-0.4, -0.2) is 34.0 Å². The smallest absolute Gasteiger partial charge is 0.297 e. The zero-order valence-electron chi connectivity index (χ0n) is 12.9. The molecule has 1 atom stereocenters. The number of hydrogen-bond donors (Lipinski definition) is 0. The lowest BCUT2D eigenvalue weighted by Crippen LogP contribution is -2.29. The van der Waals surface area contributed by atoms with Gasteiger partial charge in [0.1, 0.15) is 12.7 Å². The SMILES string of the molecule is COC(COS(=O)(=O)c1ccc(C)cc1)C(=O)c1ccccc1. The second-order valence-electron chi connectivity index (χ2n) is 5.01.